The summed E-state index contributed by atoms with van der Waals surface area (Å²) >= 11 is 0. The summed E-state index contributed by atoms with van der Waals surface area (Å²) in [5, 5.41) is 9.37. The van der Waals surface area contributed by atoms with E-state index in [0.717, 1.165) is 0 Å². The number of esters is 1. The Morgan fingerprint density at radius 2 is 1.89 bits per heavy atom. The van der Waals surface area contributed by atoms with Crippen molar-refractivity contribution >= 4 is 11.9 Å². The highest BCUT2D eigenvalue weighted by molar-refractivity contribution is 5.80. The van der Waals surface area contributed by atoms with Crippen LogP contribution < -0.4 is 0 Å². The molecule has 1 saturated carbocycles. The van der Waals surface area contributed by atoms with Gasteiger partial charge in [0.05, 0.1) is 17.9 Å². The van der Waals surface area contributed by atoms with Crippen LogP contribution in [0.5, 0.6) is 0 Å². The van der Waals surface area contributed by atoms with E-state index < -0.39 is 16.8 Å². The predicted molar refractivity (Wildman–Crippen MR) is 68.0 cm³/mol. The molecule has 1 fully saturated rings. The number of aliphatic carboxylic acids is 1. The van der Waals surface area contributed by atoms with Gasteiger partial charge in [-0.15, -0.1) is 0 Å². The summed E-state index contributed by atoms with van der Waals surface area (Å²) in [6, 6.07) is 0. The molecule has 0 spiro atoms. The normalized spacial score (nSPS) is 30.4. The second-order valence-electron chi connectivity index (χ2n) is 6.47. The van der Waals surface area contributed by atoms with Crippen molar-refractivity contribution < 1.29 is 19.4 Å². The summed E-state index contributed by atoms with van der Waals surface area (Å²) < 4.78 is 5.26. The van der Waals surface area contributed by atoms with Crippen molar-refractivity contribution in [3.8, 4) is 0 Å². The second-order valence-corrected chi connectivity index (χ2v) is 6.47. The fraction of sp³-hybridized carbons (Fsp3) is 0.857. The molecule has 0 aromatic carbocycles. The Labute approximate surface area is 109 Å². The van der Waals surface area contributed by atoms with Gasteiger partial charge in [0.15, 0.2) is 0 Å². The van der Waals surface area contributed by atoms with E-state index in [9.17, 15) is 14.7 Å². The van der Waals surface area contributed by atoms with Crippen LogP contribution in [0.1, 0.15) is 47.5 Å². The van der Waals surface area contributed by atoms with Crippen LogP contribution in [0.2, 0.25) is 0 Å². The highest BCUT2D eigenvalue weighted by Gasteiger charge is 2.58. The van der Waals surface area contributed by atoms with Crippen molar-refractivity contribution in [2.45, 2.75) is 47.5 Å². The van der Waals surface area contributed by atoms with E-state index >= 15 is 0 Å². The summed E-state index contributed by atoms with van der Waals surface area (Å²) in [6.45, 7) is 9.80. The number of hydrogen-bond acceptors (Lipinski definition) is 3. The molecule has 4 nitrogen and oxygen atoms in total. The lowest BCUT2D eigenvalue weighted by atomic mass is 9.66. The average molecular weight is 256 g/mol. The largest absolute Gasteiger partial charge is 0.481 e. The molecular formula is C14H24O4. The van der Waals surface area contributed by atoms with Gasteiger partial charge in [-0.25, -0.2) is 0 Å². The van der Waals surface area contributed by atoms with Crippen LogP contribution in [0.25, 0.3) is 0 Å². The smallest absolute Gasteiger partial charge is 0.309 e. The van der Waals surface area contributed by atoms with Gasteiger partial charge in [-0.1, -0.05) is 27.7 Å². The first-order chi connectivity index (χ1) is 8.13. The third-order valence-corrected chi connectivity index (χ3v) is 4.54. The van der Waals surface area contributed by atoms with Gasteiger partial charge in [0.1, 0.15) is 0 Å². The molecule has 1 N–H and O–H groups in total. The van der Waals surface area contributed by atoms with Crippen LogP contribution in [-0.4, -0.2) is 23.7 Å². The molecule has 0 aromatic heterocycles. The van der Waals surface area contributed by atoms with Crippen LogP contribution in [-0.2, 0) is 14.3 Å². The van der Waals surface area contributed by atoms with E-state index in [1.165, 1.54) is 0 Å². The molecule has 0 saturated heterocycles. The van der Waals surface area contributed by atoms with E-state index in [0.29, 0.717) is 25.4 Å². The first-order valence-corrected chi connectivity index (χ1v) is 6.53. The zero-order valence-electron chi connectivity index (χ0n) is 11.9. The van der Waals surface area contributed by atoms with Gasteiger partial charge in [-0.3, -0.25) is 9.59 Å². The molecule has 1 aliphatic rings. The lowest BCUT2D eigenvalue weighted by Gasteiger charge is -2.37. The van der Waals surface area contributed by atoms with Crippen molar-refractivity contribution in [1.29, 1.82) is 0 Å². The standard InChI is InChI=1S/C14H24O4/c1-9(2)8-18-11(15)10-6-7-14(5,12(16)17)13(10,3)4/h9-10H,6-8H2,1-5H3,(H,16,17)/t10?,14-/m0/s1. The summed E-state index contributed by atoms with van der Waals surface area (Å²) in [7, 11) is 0. The second kappa shape index (κ2) is 4.90. The van der Waals surface area contributed by atoms with E-state index in [1.54, 1.807) is 6.92 Å². The molecule has 1 unspecified atom stereocenters. The molecule has 1 rings (SSSR count). The minimum absolute atomic E-state index is 0.251. The molecule has 0 amide bonds. The Bertz CT molecular complexity index is 346. The third kappa shape index (κ3) is 2.38. The van der Waals surface area contributed by atoms with E-state index in [-0.39, 0.29) is 11.9 Å². The Hall–Kier alpha value is -1.06. The van der Waals surface area contributed by atoms with Gasteiger partial charge >= 0.3 is 11.9 Å². The summed E-state index contributed by atoms with van der Waals surface area (Å²) in [5.41, 5.74) is -1.43. The quantitative estimate of drug-likeness (QED) is 0.785. The molecule has 0 aromatic rings. The summed E-state index contributed by atoms with van der Waals surface area (Å²) in [6.07, 6.45) is 1.11. The maximum absolute atomic E-state index is 12.1. The van der Waals surface area contributed by atoms with Gasteiger partial charge in [0.25, 0.3) is 0 Å². The fourth-order valence-corrected chi connectivity index (χ4v) is 2.64. The first kappa shape index (κ1) is 15.0. The van der Waals surface area contributed by atoms with Gasteiger partial charge in [0, 0.05) is 0 Å². The number of rotatable bonds is 4. The van der Waals surface area contributed by atoms with Crippen LogP contribution in [0.4, 0.5) is 0 Å². The van der Waals surface area contributed by atoms with Gasteiger partial charge < -0.3 is 9.84 Å². The van der Waals surface area contributed by atoms with Gasteiger partial charge in [0.2, 0.25) is 0 Å². The molecular weight excluding hydrogens is 232 g/mol. The highest BCUT2D eigenvalue weighted by Crippen LogP contribution is 2.56. The molecule has 0 radical (unpaired) electrons. The SMILES string of the molecule is CC(C)COC(=O)C1CC[C@@](C)(C(=O)O)C1(C)C. The molecule has 104 valence electrons. The van der Waals surface area contributed by atoms with Crippen LogP contribution in [0, 0.1) is 22.7 Å². The van der Waals surface area contributed by atoms with Crippen molar-refractivity contribution in [2.75, 3.05) is 6.61 Å². The van der Waals surface area contributed by atoms with Crippen molar-refractivity contribution in [1.82, 2.24) is 0 Å². The van der Waals surface area contributed by atoms with Crippen molar-refractivity contribution in [3.05, 3.63) is 0 Å². The summed E-state index contributed by atoms with van der Waals surface area (Å²) in [4.78, 5) is 23.5. The van der Waals surface area contributed by atoms with E-state index in [4.69, 9.17) is 4.74 Å². The number of ether oxygens (including phenoxy) is 1. The zero-order chi connectivity index (χ0) is 14.1. The molecule has 0 heterocycles. The maximum Gasteiger partial charge on any atom is 0.309 e. The number of carbonyl (C=O) groups is 2. The Morgan fingerprint density at radius 3 is 2.28 bits per heavy atom. The van der Waals surface area contributed by atoms with Gasteiger partial charge in [-0.05, 0) is 31.1 Å². The monoisotopic (exact) mass is 256 g/mol. The van der Waals surface area contributed by atoms with E-state index in [2.05, 4.69) is 0 Å². The molecule has 18 heavy (non-hydrogen) atoms. The molecule has 4 heteroatoms. The molecule has 0 aliphatic heterocycles. The van der Waals surface area contributed by atoms with Crippen LogP contribution in [0.3, 0.4) is 0 Å². The molecule has 2 atom stereocenters. The van der Waals surface area contributed by atoms with Crippen LogP contribution >= 0.6 is 0 Å². The average Bonchev–Trinajstić information content (AvgIpc) is 2.48. The first-order valence-electron chi connectivity index (χ1n) is 6.53. The maximum atomic E-state index is 12.1. The molecule has 1 aliphatic carbocycles. The Balaban J connectivity index is 2.82. The number of carboxylic acid groups (broad SMARTS) is 1. The zero-order valence-corrected chi connectivity index (χ0v) is 11.9. The predicted octanol–water partition coefficient (Wildman–Crippen LogP) is 2.71. The van der Waals surface area contributed by atoms with Crippen molar-refractivity contribution in [2.24, 2.45) is 22.7 Å². The topological polar surface area (TPSA) is 63.6 Å². The van der Waals surface area contributed by atoms with E-state index in [1.807, 2.05) is 27.7 Å². The third-order valence-electron chi connectivity index (χ3n) is 4.54. The Morgan fingerprint density at radius 1 is 1.33 bits per heavy atom. The van der Waals surface area contributed by atoms with Crippen molar-refractivity contribution in [3.63, 3.8) is 0 Å². The number of carbonyl (C=O) groups excluding carboxylic acids is 1. The highest BCUT2D eigenvalue weighted by atomic mass is 16.5. The minimum atomic E-state index is -0.853. The van der Waals surface area contributed by atoms with Gasteiger partial charge in [-0.2, -0.15) is 0 Å². The summed E-state index contributed by atoms with van der Waals surface area (Å²) in [5.74, 6) is -1.10. The lowest BCUT2D eigenvalue weighted by molar-refractivity contribution is -0.160. The number of carboxylic acids is 1. The minimum Gasteiger partial charge on any atom is -0.481 e. The Kier molecular flexibility index (Phi) is 4.08. The lowest BCUT2D eigenvalue weighted by Crippen LogP contribution is -2.43. The number of hydrogen-bond donors (Lipinski definition) is 1. The fourth-order valence-electron chi connectivity index (χ4n) is 2.64. The molecule has 0 bridgehead atoms. The van der Waals surface area contributed by atoms with Crippen LogP contribution in [0.15, 0.2) is 0 Å².